The molecule has 2 aromatic heterocycles. The van der Waals surface area contributed by atoms with Crippen LogP contribution >= 0.6 is 0 Å². The number of furan rings is 1. The van der Waals surface area contributed by atoms with Crippen LogP contribution in [0.4, 0.5) is 34.1 Å². The third-order valence-electron chi connectivity index (χ3n) is 21.8. The van der Waals surface area contributed by atoms with Crippen molar-refractivity contribution in [3.8, 4) is 61.3 Å². The number of rotatable bonds is 8. The lowest BCUT2D eigenvalue weighted by Gasteiger charge is -2.45. The lowest BCUT2D eigenvalue weighted by Crippen LogP contribution is -2.61. The van der Waals surface area contributed by atoms with Crippen molar-refractivity contribution in [2.45, 2.75) is 131 Å². The second-order valence-electron chi connectivity index (χ2n) is 33.9. The average molecular weight is 1340 g/mol. The number of aromatic nitrogens is 1. The Morgan fingerprint density at radius 2 is 0.709 bits per heavy atom. The molecule has 0 fully saturated rings. The molecule has 5 heteroatoms. The van der Waals surface area contributed by atoms with Crippen molar-refractivity contribution < 1.29 is 11.3 Å². The van der Waals surface area contributed by atoms with Gasteiger partial charge in [-0.2, -0.15) is 0 Å². The highest BCUT2D eigenvalue weighted by atomic mass is 16.3. The van der Waals surface area contributed by atoms with E-state index in [1.807, 2.05) is 6.07 Å². The second kappa shape index (κ2) is 23.9. The van der Waals surface area contributed by atoms with E-state index in [0.717, 1.165) is 144 Å². The quantitative estimate of drug-likeness (QED) is 0.142. The van der Waals surface area contributed by atoms with Crippen molar-refractivity contribution in [3.63, 3.8) is 0 Å². The van der Waals surface area contributed by atoms with Crippen molar-refractivity contribution in [3.05, 3.63) is 301 Å². The first-order chi connectivity index (χ1) is 51.3. The van der Waals surface area contributed by atoms with Gasteiger partial charge in [0.2, 0.25) is 0 Å². The Hall–Kier alpha value is -10.9. The minimum absolute atomic E-state index is 0.0772. The minimum Gasteiger partial charge on any atom is -0.456 e. The maximum atomic E-state index is 9.71. The molecule has 2 aliphatic heterocycles. The summed E-state index contributed by atoms with van der Waals surface area (Å²) < 4.78 is 56.3. The number of hydrogen-bond acceptors (Lipinski definition) is 3. The molecule has 0 unspecified atom stereocenters. The van der Waals surface area contributed by atoms with E-state index in [0.29, 0.717) is 5.56 Å². The van der Waals surface area contributed by atoms with Gasteiger partial charge >= 0.3 is 0 Å². The Kier molecular flexibility index (Phi) is 13.8. The summed E-state index contributed by atoms with van der Waals surface area (Å²) in [6.45, 7) is 34.0. The van der Waals surface area contributed by atoms with Gasteiger partial charge < -0.3 is 18.8 Å². The lowest BCUT2D eigenvalue weighted by atomic mass is 9.33. The highest BCUT2D eigenvalue weighted by molar-refractivity contribution is 7.00. The maximum absolute atomic E-state index is 9.71. The number of nitrogens with zero attached hydrogens (tertiary/aromatic N) is 3. The molecule has 103 heavy (non-hydrogen) atoms. The average Bonchev–Trinajstić information content (AvgIpc) is 0.771. The van der Waals surface area contributed by atoms with Crippen LogP contribution < -0.4 is 26.2 Å². The van der Waals surface area contributed by atoms with Gasteiger partial charge in [-0.25, -0.2) is 0 Å². The fraction of sp³-hybridized carbons (Fsp3) is 0.204. The predicted octanol–water partition coefficient (Wildman–Crippen LogP) is 25.6. The van der Waals surface area contributed by atoms with E-state index >= 15 is 0 Å². The Morgan fingerprint density at radius 1 is 0.291 bits per heavy atom. The molecule has 0 N–H and O–H groups in total. The molecule has 0 aliphatic carbocycles. The number of hydrogen-bond donors (Lipinski definition) is 0. The van der Waals surface area contributed by atoms with E-state index in [9.17, 15) is 5.48 Å². The summed E-state index contributed by atoms with van der Waals surface area (Å²) in [6, 6.07) is 88.1. The first-order valence-corrected chi connectivity index (χ1v) is 36.5. The molecule has 0 saturated carbocycles. The maximum Gasteiger partial charge on any atom is 0.252 e. The van der Waals surface area contributed by atoms with Crippen LogP contribution in [0, 0.1) is 0 Å². The normalized spacial score (nSPS) is 14.0. The van der Waals surface area contributed by atoms with Crippen LogP contribution in [0.3, 0.4) is 0 Å². The molecule has 15 aromatic rings. The van der Waals surface area contributed by atoms with Crippen LogP contribution in [-0.2, 0) is 27.1 Å². The molecule has 13 aromatic carbocycles. The van der Waals surface area contributed by atoms with Crippen molar-refractivity contribution in [2.75, 3.05) is 9.80 Å². The summed E-state index contributed by atoms with van der Waals surface area (Å²) in [5, 5.41) is 4.08. The Labute approximate surface area is 616 Å². The van der Waals surface area contributed by atoms with Crippen LogP contribution in [0.15, 0.2) is 277 Å². The van der Waals surface area contributed by atoms with Crippen molar-refractivity contribution in [1.29, 1.82) is 0 Å². The minimum atomic E-state index is -0.439. The number of anilines is 6. The summed E-state index contributed by atoms with van der Waals surface area (Å²) in [5.74, 6) is 0. The number of fused-ring (bicyclic) bond motifs is 10. The van der Waals surface area contributed by atoms with Crippen LogP contribution in [0.25, 0.3) is 105 Å². The molecule has 0 bridgehead atoms. The van der Waals surface area contributed by atoms with Gasteiger partial charge in [-0.1, -0.05) is 304 Å². The highest BCUT2D eigenvalue weighted by Gasteiger charge is 2.46. The smallest absolute Gasteiger partial charge is 0.252 e. The molecule has 2 aliphatic rings. The molecule has 0 atom stereocenters. The van der Waals surface area contributed by atoms with E-state index in [4.69, 9.17) is 5.79 Å². The third-order valence-corrected chi connectivity index (χ3v) is 21.8. The Balaban J connectivity index is 1.09. The predicted molar refractivity (Wildman–Crippen MR) is 443 cm³/mol. The Morgan fingerprint density at radius 3 is 1.23 bits per heavy atom. The number of benzene rings is 13. The summed E-state index contributed by atoms with van der Waals surface area (Å²) in [5.41, 5.74) is 27.9. The second-order valence-corrected chi connectivity index (χ2v) is 33.9. The molecule has 506 valence electrons. The van der Waals surface area contributed by atoms with Gasteiger partial charge in [-0.05, 0) is 200 Å². The van der Waals surface area contributed by atoms with Gasteiger partial charge in [0, 0.05) is 44.6 Å². The molecule has 17 rings (SSSR count). The van der Waals surface area contributed by atoms with E-state index < -0.39 is 12.8 Å². The van der Waals surface area contributed by atoms with Gasteiger partial charge in [-0.3, -0.25) is 0 Å². The first-order valence-electron chi connectivity index (χ1n) is 39.0. The molecular formula is C98H90BN3O. The largest absolute Gasteiger partial charge is 0.456 e. The van der Waals surface area contributed by atoms with Crippen LogP contribution in [0.5, 0.6) is 0 Å². The zero-order chi connectivity index (χ0) is 75.7. The Bertz CT molecular complexity index is 6120. The fourth-order valence-electron chi connectivity index (χ4n) is 16.0. The molecule has 0 radical (unpaired) electrons. The van der Waals surface area contributed by atoms with Crippen LogP contribution in [0.1, 0.15) is 139 Å². The van der Waals surface area contributed by atoms with Gasteiger partial charge in [-0.15, -0.1) is 0 Å². The van der Waals surface area contributed by atoms with Gasteiger partial charge in [0.1, 0.15) is 11.2 Å². The standard InChI is InChI=1S/C98H90BN3O/c1-94(2,3)71-41-43-76(44-42-71)100-81-37-27-25-35-77(81)91-84(100)53-68(62-31-21-17-22-32-62)54-85(91)101-82-51-64(61-29-19-16-20-30-61)39-45-79(82)99-80-46-40-65(66-47-72(95(4,5)6)59-73(48-66)96(7,8)9)52-83(80)102(86-55-70(63-33-23-18-24-34-63)58-90-92(86)78-36-26-28-38-89(78)103-90)88-57-69(56-87(101)93(88)99)67-49-74(97(10,11)12)60-75(50-67)98(13,14)15/h16-60H,1-15H3/i16D,19D,20D,29D,30D. The molecule has 4 nitrogen and oxygen atoms in total. The SMILES string of the molecule is [2H]c1c([2H])c([2H])c(-c2ccc3c(c2)N(c2cc(-c4ccccc4)cc4c2c2ccccc2n4-c2ccc(C(C)(C)C)cc2)c2cc(-c4cc(C(C)(C)C)cc(C(C)(C)C)c4)cc4c2B3c2ccc(-c3cc(C(C)(C)C)cc(C(C)(C)C)c3)cc2N4c2cc(-c3ccccc3)cc3oc4ccccc4c23)c([2H])c1[2H]. The molecule has 0 saturated heterocycles. The van der Waals surface area contributed by atoms with Crippen molar-refractivity contribution >= 4 is 101 Å². The number of para-hydroxylation sites is 2. The summed E-state index contributed by atoms with van der Waals surface area (Å²) in [6.07, 6.45) is 0. The van der Waals surface area contributed by atoms with E-state index in [2.05, 4.69) is 355 Å². The lowest BCUT2D eigenvalue weighted by molar-refractivity contribution is 0.568. The van der Waals surface area contributed by atoms with Crippen molar-refractivity contribution in [1.82, 2.24) is 4.57 Å². The summed E-state index contributed by atoms with van der Waals surface area (Å²) >= 11 is 0. The third kappa shape index (κ3) is 11.3. The monoisotopic (exact) mass is 1340 g/mol. The van der Waals surface area contributed by atoms with Gasteiger partial charge in [0.05, 0.1) is 34.6 Å². The molecule has 0 amide bonds. The van der Waals surface area contributed by atoms with E-state index in [1.165, 1.54) is 27.8 Å². The van der Waals surface area contributed by atoms with Crippen LogP contribution in [0.2, 0.25) is 0 Å². The summed E-state index contributed by atoms with van der Waals surface area (Å²) in [4.78, 5) is 5.07. The van der Waals surface area contributed by atoms with Crippen molar-refractivity contribution in [2.24, 2.45) is 0 Å². The fourth-order valence-corrected chi connectivity index (χ4v) is 16.0. The first kappa shape index (κ1) is 59.8. The molecule has 4 heterocycles. The topological polar surface area (TPSA) is 24.6 Å². The van der Waals surface area contributed by atoms with E-state index in [-0.39, 0.29) is 56.8 Å². The van der Waals surface area contributed by atoms with Gasteiger partial charge in [0.15, 0.2) is 0 Å². The van der Waals surface area contributed by atoms with Gasteiger partial charge in [0.25, 0.3) is 6.71 Å². The molecular weight excluding hydrogens is 1250 g/mol. The van der Waals surface area contributed by atoms with E-state index in [1.54, 1.807) is 0 Å². The highest BCUT2D eigenvalue weighted by Crippen LogP contribution is 2.54. The zero-order valence-corrected chi connectivity index (χ0v) is 61.9. The summed E-state index contributed by atoms with van der Waals surface area (Å²) in [7, 11) is 0. The molecule has 0 spiro atoms. The van der Waals surface area contributed by atoms with Crippen LogP contribution in [-0.4, -0.2) is 11.3 Å². The zero-order valence-electron chi connectivity index (χ0n) is 66.9.